The number of halogens is 1. The Balaban J connectivity index is 1.34. The lowest BCUT2D eigenvalue weighted by molar-refractivity contribution is 0.208. The average molecular weight is 399 g/mol. The van der Waals surface area contributed by atoms with Crippen molar-refractivity contribution in [3.05, 3.63) is 95.8 Å². The summed E-state index contributed by atoms with van der Waals surface area (Å²) in [6.07, 6.45) is 0. The van der Waals surface area contributed by atoms with E-state index in [9.17, 15) is 9.18 Å². The van der Waals surface area contributed by atoms with Crippen LogP contribution in [0.2, 0.25) is 0 Å². The number of hydrogen-bond donors (Lipinski definition) is 1. The number of hydrogen-bond acceptors (Lipinski definition) is 2. The van der Waals surface area contributed by atoms with E-state index in [4.69, 9.17) is 0 Å². The van der Waals surface area contributed by atoms with Gasteiger partial charge in [-0.2, -0.15) is 0 Å². The van der Waals surface area contributed by atoms with Gasteiger partial charge in [-0.05, 0) is 54.6 Å². The fraction of sp³-hybridized carbons (Fsp3) is 0.160. The first-order chi connectivity index (χ1) is 14.7. The first-order valence-corrected chi connectivity index (χ1v) is 9.91. The highest BCUT2D eigenvalue weighted by Gasteiger charge is 2.21. The van der Waals surface area contributed by atoms with Crippen molar-refractivity contribution in [1.82, 2.24) is 4.90 Å². The Morgan fingerprint density at radius 3 is 2.20 bits per heavy atom. The maximum Gasteiger partial charge on any atom is 0.321 e. The smallest absolute Gasteiger partial charge is 0.321 e. The van der Waals surface area contributed by atoms with Gasteiger partial charge in [-0.3, -0.25) is 0 Å². The number of anilines is 2. The molecule has 2 amide bonds. The third-order valence-electron chi connectivity index (χ3n) is 5.00. The van der Waals surface area contributed by atoms with Gasteiger partial charge in [0.1, 0.15) is 5.82 Å². The number of benzene rings is 3. The van der Waals surface area contributed by atoms with Crippen LogP contribution in [0.3, 0.4) is 0 Å². The molecule has 0 spiro atoms. The maximum atomic E-state index is 13.1. The minimum Gasteiger partial charge on any atom is -0.368 e. The molecule has 3 aromatic rings. The van der Waals surface area contributed by atoms with E-state index in [1.807, 2.05) is 54.6 Å². The number of rotatable bonds is 2. The number of nitrogens with zero attached hydrogens (tertiary/aromatic N) is 2. The largest absolute Gasteiger partial charge is 0.368 e. The zero-order valence-corrected chi connectivity index (χ0v) is 16.5. The fourth-order valence-corrected chi connectivity index (χ4v) is 3.36. The van der Waals surface area contributed by atoms with Crippen molar-refractivity contribution in [2.45, 2.75) is 0 Å². The molecule has 0 aliphatic carbocycles. The molecule has 1 heterocycles. The van der Waals surface area contributed by atoms with Crippen LogP contribution in [0.4, 0.5) is 20.6 Å². The Morgan fingerprint density at radius 2 is 1.47 bits per heavy atom. The summed E-state index contributed by atoms with van der Waals surface area (Å²) in [4.78, 5) is 16.6. The summed E-state index contributed by atoms with van der Waals surface area (Å²) >= 11 is 0. The summed E-state index contributed by atoms with van der Waals surface area (Å²) in [5, 5.41) is 2.96. The summed E-state index contributed by atoms with van der Waals surface area (Å²) in [6.45, 7) is 2.64. The lowest BCUT2D eigenvalue weighted by atomic mass is 10.1. The van der Waals surface area contributed by atoms with Crippen LogP contribution in [-0.4, -0.2) is 37.1 Å². The molecule has 0 unspecified atom stereocenters. The molecule has 4 rings (SSSR count). The summed E-state index contributed by atoms with van der Waals surface area (Å²) in [7, 11) is 0. The van der Waals surface area contributed by atoms with Gasteiger partial charge in [0.2, 0.25) is 0 Å². The predicted octanol–water partition coefficient (Wildman–Crippen LogP) is 4.58. The van der Waals surface area contributed by atoms with E-state index in [1.165, 1.54) is 12.1 Å². The quantitative estimate of drug-likeness (QED) is 0.641. The van der Waals surface area contributed by atoms with Crippen LogP contribution >= 0.6 is 0 Å². The van der Waals surface area contributed by atoms with E-state index in [-0.39, 0.29) is 11.8 Å². The standard InChI is InChI=1S/C25H22FN3O/c26-22-11-13-24(14-12-22)28-15-17-29(18-16-28)25(30)27-23-8-4-7-21(19-23)10-9-20-5-2-1-3-6-20/h1-8,11-14,19H,15-18H2,(H,27,30). The second-order valence-corrected chi connectivity index (χ2v) is 7.08. The molecule has 0 saturated carbocycles. The van der Waals surface area contributed by atoms with Crippen molar-refractivity contribution in [3.8, 4) is 11.8 Å². The summed E-state index contributed by atoms with van der Waals surface area (Å²) in [5.41, 5.74) is 3.49. The molecule has 0 radical (unpaired) electrons. The molecule has 1 fully saturated rings. The normalized spacial score (nSPS) is 13.4. The molecule has 0 atom stereocenters. The number of piperazine rings is 1. The van der Waals surface area contributed by atoms with Crippen LogP contribution in [0.15, 0.2) is 78.9 Å². The second-order valence-electron chi connectivity index (χ2n) is 7.08. The highest BCUT2D eigenvalue weighted by atomic mass is 19.1. The monoisotopic (exact) mass is 399 g/mol. The Labute approximate surface area is 175 Å². The van der Waals surface area contributed by atoms with Gasteiger partial charge in [0, 0.05) is 48.7 Å². The van der Waals surface area contributed by atoms with Crippen molar-refractivity contribution in [1.29, 1.82) is 0 Å². The van der Waals surface area contributed by atoms with Crippen LogP contribution < -0.4 is 10.2 Å². The molecule has 4 nitrogen and oxygen atoms in total. The third kappa shape index (κ3) is 4.98. The molecule has 3 aromatic carbocycles. The Morgan fingerprint density at radius 1 is 0.800 bits per heavy atom. The Bertz CT molecular complexity index is 1060. The van der Waals surface area contributed by atoms with Crippen molar-refractivity contribution in [2.75, 3.05) is 36.4 Å². The molecule has 5 heteroatoms. The summed E-state index contributed by atoms with van der Waals surface area (Å²) < 4.78 is 13.1. The second kappa shape index (κ2) is 9.15. The van der Waals surface area contributed by atoms with Gasteiger partial charge >= 0.3 is 6.03 Å². The Kier molecular flexibility index (Phi) is 5.95. The Hall–Kier alpha value is -3.78. The van der Waals surface area contributed by atoms with Gasteiger partial charge < -0.3 is 15.1 Å². The zero-order valence-electron chi connectivity index (χ0n) is 16.5. The van der Waals surface area contributed by atoms with E-state index in [1.54, 1.807) is 17.0 Å². The lowest BCUT2D eigenvalue weighted by Gasteiger charge is -2.36. The number of amides is 2. The van der Waals surface area contributed by atoms with E-state index in [2.05, 4.69) is 22.1 Å². The molecule has 1 aliphatic heterocycles. The molecule has 150 valence electrons. The predicted molar refractivity (Wildman–Crippen MR) is 118 cm³/mol. The van der Waals surface area contributed by atoms with E-state index >= 15 is 0 Å². The molecule has 0 bridgehead atoms. The minimum atomic E-state index is -0.243. The van der Waals surface area contributed by atoms with Crippen LogP contribution in [0.25, 0.3) is 0 Å². The highest BCUT2D eigenvalue weighted by molar-refractivity contribution is 5.89. The van der Waals surface area contributed by atoms with E-state index in [0.29, 0.717) is 26.2 Å². The molecule has 1 saturated heterocycles. The van der Waals surface area contributed by atoms with Crippen molar-refractivity contribution in [3.63, 3.8) is 0 Å². The van der Waals surface area contributed by atoms with E-state index < -0.39 is 0 Å². The van der Waals surface area contributed by atoms with Gasteiger partial charge in [0.05, 0.1) is 0 Å². The maximum absolute atomic E-state index is 13.1. The van der Waals surface area contributed by atoms with Crippen LogP contribution in [-0.2, 0) is 0 Å². The molecular formula is C25H22FN3O. The van der Waals surface area contributed by atoms with Crippen molar-refractivity contribution < 1.29 is 9.18 Å². The van der Waals surface area contributed by atoms with E-state index in [0.717, 1.165) is 22.5 Å². The van der Waals surface area contributed by atoms with Crippen molar-refractivity contribution in [2.24, 2.45) is 0 Å². The van der Waals surface area contributed by atoms with Gasteiger partial charge in [-0.1, -0.05) is 36.1 Å². The van der Waals surface area contributed by atoms with Crippen molar-refractivity contribution >= 4 is 17.4 Å². The minimum absolute atomic E-state index is 0.123. The average Bonchev–Trinajstić information content (AvgIpc) is 2.79. The highest BCUT2D eigenvalue weighted by Crippen LogP contribution is 2.18. The lowest BCUT2D eigenvalue weighted by Crippen LogP contribution is -2.50. The molecule has 1 aliphatic rings. The summed E-state index contributed by atoms with van der Waals surface area (Å²) in [5.74, 6) is 6.02. The van der Waals surface area contributed by atoms with Gasteiger partial charge in [-0.15, -0.1) is 0 Å². The SMILES string of the molecule is O=C(Nc1cccc(C#Cc2ccccc2)c1)N1CCN(c2ccc(F)cc2)CC1. The van der Waals surface area contributed by atoms with Gasteiger partial charge in [0.25, 0.3) is 0 Å². The molecule has 1 N–H and O–H groups in total. The summed E-state index contributed by atoms with van der Waals surface area (Å²) in [6, 6.07) is 23.7. The molecule has 30 heavy (non-hydrogen) atoms. The third-order valence-corrected chi connectivity index (χ3v) is 5.00. The number of nitrogens with one attached hydrogen (secondary N) is 1. The number of carbonyl (C=O) groups is 1. The topological polar surface area (TPSA) is 35.6 Å². The molecule has 0 aromatic heterocycles. The van der Waals surface area contributed by atoms with Gasteiger partial charge in [-0.25, -0.2) is 9.18 Å². The number of carbonyl (C=O) groups excluding carboxylic acids is 1. The van der Waals surface area contributed by atoms with Crippen LogP contribution in [0, 0.1) is 17.7 Å². The first kappa shape index (κ1) is 19.5. The zero-order chi connectivity index (χ0) is 20.8. The van der Waals surface area contributed by atoms with Crippen LogP contribution in [0.1, 0.15) is 11.1 Å². The fourth-order valence-electron chi connectivity index (χ4n) is 3.36. The van der Waals surface area contributed by atoms with Gasteiger partial charge in [0.15, 0.2) is 0 Å². The number of urea groups is 1. The molecular weight excluding hydrogens is 377 g/mol. The van der Waals surface area contributed by atoms with Crippen LogP contribution in [0.5, 0.6) is 0 Å². The first-order valence-electron chi connectivity index (χ1n) is 9.91.